The summed E-state index contributed by atoms with van der Waals surface area (Å²) in [6.45, 7) is 2.33. The molecule has 0 saturated heterocycles. The van der Waals surface area contributed by atoms with Gasteiger partial charge in [0.05, 0.1) is 0 Å². The van der Waals surface area contributed by atoms with Crippen LogP contribution < -0.4 is 16.4 Å². The Kier molecular flexibility index (Phi) is 7.15. The molecular weight excluding hydrogens is 242 g/mol. The quantitative estimate of drug-likeness (QED) is 0.683. The van der Waals surface area contributed by atoms with E-state index in [0.717, 1.165) is 32.1 Å². The molecule has 0 aromatic heterocycles. The molecular formula is C11H22ClN3O2. The van der Waals surface area contributed by atoms with Crippen molar-refractivity contribution in [2.24, 2.45) is 5.73 Å². The van der Waals surface area contributed by atoms with Crippen LogP contribution in [-0.4, -0.2) is 30.4 Å². The molecule has 1 aliphatic rings. The fourth-order valence-electron chi connectivity index (χ4n) is 2.26. The van der Waals surface area contributed by atoms with Crippen LogP contribution in [0.15, 0.2) is 0 Å². The Balaban J connectivity index is 0.00000256. The second-order valence-electron chi connectivity index (χ2n) is 4.37. The molecule has 1 fully saturated rings. The van der Waals surface area contributed by atoms with E-state index in [2.05, 4.69) is 10.6 Å². The number of hydrogen-bond acceptors (Lipinski definition) is 3. The van der Waals surface area contributed by atoms with Crippen molar-refractivity contribution in [3.8, 4) is 0 Å². The van der Waals surface area contributed by atoms with Crippen LogP contribution in [0.25, 0.3) is 0 Å². The molecule has 0 heterocycles. The van der Waals surface area contributed by atoms with Gasteiger partial charge in [-0.05, 0) is 12.8 Å². The molecule has 0 aliphatic heterocycles. The third-order valence-corrected chi connectivity index (χ3v) is 2.99. The van der Waals surface area contributed by atoms with Gasteiger partial charge in [-0.2, -0.15) is 0 Å². The maximum absolute atomic E-state index is 12.0. The summed E-state index contributed by atoms with van der Waals surface area (Å²) in [4.78, 5) is 23.2. The molecule has 5 nitrogen and oxygen atoms in total. The molecule has 0 unspecified atom stereocenters. The fraction of sp³-hybridized carbons (Fsp3) is 0.818. The highest BCUT2D eigenvalue weighted by atomic mass is 35.5. The summed E-state index contributed by atoms with van der Waals surface area (Å²) in [6.07, 6.45) is 4.55. The largest absolute Gasteiger partial charge is 0.353 e. The van der Waals surface area contributed by atoms with Gasteiger partial charge in [0.15, 0.2) is 0 Å². The first-order valence-electron chi connectivity index (χ1n) is 5.88. The van der Waals surface area contributed by atoms with E-state index in [1.165, 1.54) is 6.92 Å². The minimum absolute atomic E-state index is 0. The summed E-state index contributed by atoms with van der Waals surface area (Å²) < 4.78 is 0. The Bertz CT molecular complexity index is 265. The van der Waals surface area contributed by atoms with Gasteiger partial charge in [-0.15, -0.1) is 12.4 Å². The Morgan fingerprint density at radius 1 is 1.24 bits per heavy atom. The number of halogens is 1. The molecule has 0 radical (unpaired) electrons. The van der Waals surface area contributed by atoms with Gasteiger partial charge in [0, 0.05) is 20.0 Å². The van der Waals surface area contributed by atoms with Crippen molar-refractivity contribution in [2.45, 2.75) is 44.6 Å². The zero-order valence-corrected chi connectivity index (χ0v) is 11.1. The summed E-state index contributed by atoms with van der Waals surface area (Å²) >= 11 is 0. The van der Waals surface area contributed by atoms with E-state index in [-0.39, 0.29) is 24.2 Å². The van der Waals surface area contributed by atoms with Crippen molar-refractivity contribution in [2.75, 3.05) is 13.1 Å². The molecule has 1 saturated carbocycles. The molecule has 100 valence electrons. The highest BCUT2D eigenvalue weighted by molar-refractivity contribution is 5.91. The Morgan fingerprint density at radius 3 is 2.29 bits per heavy atom. The molecule has 0 bridgehead atoms. The lowest BCUT2D eigenvalue weighted by atomic mass is 9.80. The van der Waals surface area contributed by atoms with Crippen LogP contribution in [0.4, 0.5) is 0 Å². The lowest BCUT2D eigenvalue weighted by Gasteiger charge is -2.36. The minimum Gasteiger partial charge on any atom is -0.353 e. The Hall–Kier alpha value is -0.810. The fourth-order valence-corrected chi connectivity index (χ4v) is 2.26. The van der Waals surface area contributed by atoms with Gasteiger partial charge in [0.1, 0.15) is 5.54 Å². The third kappa shape index (κ3) is 4.52. The second-order valence-corrected chi connectivity index (χ2v) is 4.37. The van der Waals surface area contributed by atoms with E-state index in [4.69, 9.17) is 5.73 Å². The van der Waals surface area contributed by atoms with Gasteiger partial charge in [-0.25, -0.2) is 0 Å². The van der Waals surface area contributed by atoms with E-state index in [0.29, 0.717) is 13.1 Å². The van der Waals surface area contributed by atoms with Crippen molar-refractivity contribution in [3.63, 3.8) is 0 Å². The summed E-state index contributed by atoms with van der Waals surface area (Å²) in [6, 6.07) is 0. The first kappa shape index (κ1) is 16.2. The van der Waals surface area contributed by atoms with E-state index in [9.17, 15) is 9.59 Å². The number of hydrogen-bond donors (Lipinski definition) is 3. The predicted molar refractivity (Wildman–Crippen MR) is 68.9 cm³/mol. The van der Waals surface area contributed by atoms with Crippen LogP contribution in [0.1, 0.15) is 39.0 Å². The predicted octanol–water partition coefficient (Wildman–Crippen LogP) is 0.322. The van der Waals surface area contributed by atoms with E-state index in [1.54, 1.807) is 0 Å². The molecule has 0 aromatic carbocycles. The summed E-state index contributed by atoms with van der Waals surface area (Å²) in [5.41, 5.74) is 4.65. The van der Waals surface area contributed by atoms with Crippen molar-refractivity contribution in [3.05, 3.63) is 0 Å². The highest BCUT2D eigenvalue weighted by Gasteiger charge is 2.39. The molecule has 0 spiro atoms. The first-order valence-corrected chi connectivity index (χ1v) is 5.88. The van der Waals surface area contributed by atoms with Crippen LogP contribution in [-0.2, 0) is 9.59 Å². The maximum atomic E-state index is 12.0. The third-order valence-electron chi connectivity index (χ3n) is 2.99. The Morgan fingerprint density at radius 2 is 1.82 bits per heavy atom. The molecule has 1 rings (SSSR count). The van der Waals surface area contributed by atoms with Crippen molar-refractivity contribution in [1.82, 2.24) is 10.6 Å². The Labute approximate surface area is 108 Å². The topological polar surface area (TPSA) is 84.2 Å². The lowest BCUT2D eigenvalue weighted by molar-refractivity contribution is -0.134. The van der Waals surface area contributed by atoms with Crippen LogP contribution in [0.2, 0.25) is 0 Å². The second kappa shape index (κ2) is 7.50. The number of amides is 2. The normalized spacial score (nSPS) is 17.8. The number of rotatable bonds is 4. The van der Waals surface area contributed by atoms with Gasteiger partial charge in [0.2, 0.25) is 11.8 Å². The number of carbonyl (C=O) groups is 2. The summed E-state index contributed by atoms with van der Waals surface area (Å²) in [7, 11) is 0. The zero-order valence-electron chi connectivity index (χ0n) is 10.3. The molecule has 0 atom stereocenters. The molecule has 6 heteroatoms. The SMILES string of the molecule is CC(=O)NC1(C(=O)NCCN)CCCCC1.Cl. The maximum Gasteiger partial charge on any atom is 0.245 e. The van der Waals surface area contributed by atoms with Crippen LogP contribution in [0, 0.1) is 0 Å². The van der Waals surface area contributed by atoms with Crippen LogP contribution >= 0.6 is 12.4 Å². The number of nitrogens with one attached hydrogen (secondary N) is 2. The van der Waals surface area contributed by atoms with Gasteiger partial charge in [0.25, 0.3) is 0 Å². The average molecular weight is 264 g/mol. The molecule has 2 amide bonds. The van der Waals surface area contributed by atoms with Crippen LogP contribution in [0.3, 0.4) is 0 Å². The highest BCUT2D eigenvalue weighted by Crippen LogP contribution is 2.28. The smallest absolute Gasteiger partial charge is 0.245 e. The number of carbonyl (C=O) groups excluding carboxylic acids is 2. The minimum atomic E-state index is -0.695. The van der Waals surface area contributed by atoms with E-state index < -0.39 is 5.54 Å². The summed E-state index contributed by atoms with van der Waals surface area (Å²) in [5.74, 6) is -0.238. The van der Waals surface area contributed by atoms with Gasteiger partial charge in [-0.3, -0.25) is 9.59 Å². The van der Waals surface area contributed by atoms with Crippen LogP contribution in [0.5, 0.6) is 0 Å². The number of nitrogens with two attached hydrogens (primary N) is 1. The van der Waals surface area contributed by atoms with Gasteiger partial charge >= 0.3 is 0 Å². The molecule has 17 heavy (non-hydrogen) atoms. The van der Waals surface area contributed by atoms with Crippen molar-refractivity contribution < 1.29 is 9.59 Å². The van der Waals surface area contributed by atoms with Crippen molar-refractivity contribution >= 4 is 24.2 Å². The van der Waals surface area contributed by atoms with E-state index >= 15 is 0 Å². The molecule has 1 aliphatic carbocycles. The summed E-state index contributed by atoms with van der Waals surface area (Å²) in [5, 5.41) is 5.58. The first-order chi connectivity index (χ1) is 7.60. The monoisotopic (exact) mass is 263 g/mol. The standard InChI is InChI=1S/C11H21N3O2.ClH/c1-9(15)14-11(5-3-2-4-6-11)10(16)13-8-7-12;/h2-8,12H2,1H3,(H,13,16)(H,14,15);1H. The van der Waals surface area contributed by atoms with Gasteiger partial charge in [-0.1, -0.05) is 19.3 Å². The molecule has 4 N–H and O–H groups in total. The van der Waals surface area contributed by atoms with Gasteiger partial charge < -0.3 is 16.4 Å². The van der Waals surface area contributed by atoms with E-state index in [1.807, 2.05) is 0 Å². The zero-order chi connectivity index (χ0) is 12.0. The lowest BCUT2D eigenvalue weighted by Crippen LogP contribution is -2.59. The molecule has 0 aromatic rings. The van der Waals surface area contributed by atoms with Crippen molar-refractivity contribution in [1.29, 1.82) is 0 Å². The average Bonchev–Trinajstić information content (AvgIpc) is 2.26.